The number of amides is 1. The van der Waals surface area contributed by atoms with E-state index in [-0.39, 0.29) is 11.4 Å². The summed E-state index contributed by atoms with van der Waals surface area (Å²) >= 11 is 0. The van der Waals surface area contributed by atoms with Gasteiger partial charge in [0, 0.05) is 12.7 Å². The highest BCUT2D eigenvalue weighted by molar-refractivity contribution is 7.69. The zero-order valence-corrected chi connectivity index (χ0v) is 11.7. The number of carbonyl (C=O) groups excluding carboxylic acids is 2. The molecule has 0 fully saturated rings. The van der Waals surface area contributed by atoms with Crippen LogP contribution in [-0.2, 0) is 9.59 Å². The molecular formula is C11H22N2O3P+. The molecule has 0 spiro atoms. The van der Waals surface area contributed by atoms with Gasteiger partial charge in [-0.1, -0.05) is 6.58 Å². The highest BCUT2D eigenvalue weighted by atomic mass is 31.1. The first kappa shape index (κ1) is 16.2. The van der Waals surface area contributed by atoms with Crippen LogP contribution in [0.3, 0.4) is 0 Å². The van der Waals surface area contributed by atoms with Crippen molar-refractivity contribution in [1.29, 1.82) is 0 Å². The van der Waals surface area contributed by atoms with E-state index in [1.165, 1.54) is 6.08 Å². The maximum Gasteiger partial charge on any atom is 0.243 e. The van der Waals surface area contributed by atoms with E-state index in [2.05, 4.69) is 11.9 Å². The smallest absolute Gasteiger partial charge is 0.243 e. The zero-order valence-electron chi connectivity index (χ0n) is 10.8. The molecule has 0 bridgehead atoms. The van der Waals surface area contributed by atoms with Crippen LogP contribution in [0, 0.1) is 0 Å². The summed E-state index contributed by atoms with van der Waals surface area (Å²) in [7, 11) is 4.15. The molecule has 2 N–H and O–H groups in total. The molecule has 6 heteroatoms. The highest BCUT2D eigenvalue weighted by Gasteiger charge is 2.21. The van der Waals surface area contributed by atoms with Crippen molar-refractivity contribution in [2.75, 3.05) is 40.4 Å². The summed E-state index contributed by atoms with van der Waals surface area (Å²) in [4.78, 5) is 32.1. The third-order valence-corrected chi connectivity index (χ3v) is 3.39. The maximum absolute atomic E-state index is 11.6. The normalized spacial score (nSPS) is 12.9. The van der Waals surface area contributed by atoms with Crippen molar-refractivity contribution in [1.82, 2.24) is 5.32 Å². The van der Waals surface area contributed by atoms with Crippen LogP contribution in [-0.4, -0.2) is 61.2 Å². The first-order chi connectivity index (χ1) is 7.76. The molecule has 0 radical (unpaired) electrons. The first-order valence-corrected chi connectivity index (χ1v) is 6.94. The van der Waals surface area contributed by atoms with Crippen molar-refractivity contribution in [2.45, 2.75) is 6.42 Å². The molecule has 0 aromatic heterocycles. The molecule has 0 saturated heterocycles. The van der Waals surface area contributed by atoms with Crippen molar-refractivity contribution in [3.63, 3.8) is 0 Å². The first-order valence-electron chi connectivity index (χ1n) is 5.46. The van der Waals surface area contributed by atoms with Gasteiger partial charge in [-0.05, 0) is 12.5 Å². The van der Waals surface area contributed by atoms with Gasteiger partial charge in [-0.25, -0.2) is 0 Å². The minimum absolute atomic E-state index is 0.0949. The predicted octanol–water partition coefficient (Wildman–Crippen LogP) is 0.301. The molecule has 0 aliphatic carbocycles. The molecule has 5 nitrogen and oxygen atoms in total. The Labute approximate surface area is 104 Å². The summed E-state index contributed by atoms with van der Waals surface area (Å²) in [6.45, 7) is 4.12. The fourth-order valence-electron chi connectivity index (χ4n) is 1.12. The van der Waals surface area contributed by atoms with Gasteiger partial charge >= 0.3 is 0 Å². The van der Waals surface area contributed by atoms with Crippen molar-refractivity contribution in [2.24, 2.45) is 0 Å². The Balaban J connectivity index is 3.79. The maximum atomic E-state index is 11.6. The standard InChI is InChI=1S/C11H21N2O3P/c1-5-10(14)12-7-6-8-17(16)11(15)9-13(2,3)4/h5,16H,1,6-9H2,2-4H3/p+1. The van der Waals surface area contributed by atoms with Crippen molar-refractivity contribution >= 4 is 19.6 Å². The van der Waals surface area contributed by atoms with Gasteiger partial charge in [0.05, 0.1) is 21.1 Å². The van der Waals surface area contributed by atoms with Gasteiger partial charge in [-0.2, -0.15) is 0 Å². The second kappa shape index (κ2) is 7.54. The van der Waals surface area contributed by atoms with Gasteiger partial charge in [-0.3, -0.25) is 9.59 Å². The van der Waals surface area contributed by atoms with E-state index in [0.29, 0.717) is 30.2 Å². The van der Waals surface area contributed by atoms with E-state index in [1.807, 2.05) is 21.1 Å². The number of rotatable bonds is 8. The Kier molecular flexibility index (Phi) is 7.19. The molecular weight excluding hydrogens is 239 g/mol. The van der Waals surface area contributed by atoms with Gasteiger partial charge in [0.25, 0.3) is 0 Å². The minimum Gasteiger partial charge on any atom is -0.366 e. The van der Waals surface area contributed by atoms with Crippen LogP contribution >= 0.6 is 8.15 Å². The number of likely N-dealkylation sites (N-methyl/N-ethyl adjacent to an activating group) is 1. The highest BCUT2D eigenvalue weighted by Crippen LogP contribution is 2.31. The lowest BCUT2D eigenvalue weighted by molar-refractivity contribution is -0.861. The van der Waals surface area contributed by atoms with Crippen LogP contribution in [0.15, 0.2) is 12.7 Å². The second-order valence-electron chi connectivity index (χ2n) is 4.81. The summed E-state index contributed by atoms with van der Waals surface area (Å²) in [6, 6.07) is 0. The average molecular weight is 261 g/mol. The molecule has 0 aliphatic rings. The molecule has 0 rings (SSSR count). The molecule has 0 aromatic carbocycles. The molecule has 1 amide bonds. The molecule has 98 valence electrons. The van der Waals surface area contributed by atoms with Gasteiger partial charge in [0.1, 0.15) is 14.7 Å². The minimum atomic E-state index is -1.57. The molecule has 1 unspecified atom stereocenters. The number of carbonyl (C=O) groups is 2. The fraction of sp³-hybridized carbons (Fsp3) is 0.636. The molecule has 1 atom stereocenters. The summed E-state index contributed by atoms with van der Waals surface area (Å²) in [5.74, 6) is -0.232. The second-order valence-corrected chi connectivity index (χ2v) is 6.56. The Morgan fingerprint density at radius 3 is 2.47 bits per heavy atom. The lowest BCUT2D eigenvalue weighted by Crippen LogP contribution is -2.39. The Hall–Kier alpha value is -0.770. The molecule has 0 heterocycles. The number of nitrogens with zero attached hydrogens (tertiary/aromatic N) is 1. The fourth-order valence-corrected chi connectivity index (χ4v) is 2.42. The lowest BCUT2D eigenvalue weighted by Gasteiger charge is -2.23. The van der Waals surface area contributed by atoms with Gasteiger partial charge in [-0.15, -0.1) is 0 Å². The third kappa shape index (κ3) is 8.98. The van der Waals surface area contributed by atoms with Crippen molar-refractivity contribution < 1.29 is 19.0 Å². The molecule has 17 heavy (non-hydrogen) atoms. The summed E-state index contributed by atoms with van der Waals surface area (Å²) in [5.41, 5.74) is -0.0949. The summed E-state index contributed by atoms with van der Waals surface area (Å²) < 4.78 is 0.519. The van der Waals surface area contributed by atoms with Gasteiger partial charge in [0.2, 0.25) is 11.4 Å². The van der Waals surface area contributed by atoms with Crippen LogP contribution in [0.25, 0.3) is 0 Å². The number of hydrogen-bond donors (Lipinski definition) is 2. The van der Waals surface area contributed by atoms with Crippen molar-refractivity contribution in [3.05, 3.63) is 12.7 Å². The van der Waals surface area contributed by atoms with Crippen LogP contribution in [0.2, 0.25) is 0 Å². The monoisotopic (exact) mass is 261 g/mol. The Bertz CT molecular complexity index is 287. The number of hydrogen-bond acceptors (Lipinski definition) is 3. The average Bonchev–Trinajstić information content (AvgIpc) is 2.21. The van der Waals surface area contributed by atoms with Gasteiger partial charge < -0.3 is 14.7 Å². The lowest BCUT2D eigenvalue weighted by atomic mass is 10.4. The van der Waals surface area contributed by atoms with Crippen LogP contribution in [0.5, 0.6) is 0 Å². The van der Waals surface area contributed by atoms with E-state index >= 15 is 0 Å². The quantitative estimate of drug-likeness (QED) is 0.286. The molecule has 0 aliphatic heterocycles. The molecule has 0 aromatic rings. The van der Waals surface area contributed by atoms with Crippen LogP contribution in [0.4, 0.5) is 0 Å². The number of nitrogens with one attached hydrogen (secondary N) is 1. The SMILES string of the molecule is C=CC(=O)NCCCP(O)C(=O)C[N+](C)(C)C. The largest absolute Gasteiger partial charge is 0.366 e. The summed E-state index contributed by atoms with van der Waals surface area (Å²) in [6.07, 6.45) is 2.24. The van der Waals surface area contributed by atoms with Crippen LogP contribution < -0.4 is 5.32 Å². The Morgan fingerprint density at radius 2 is 2.00 bits per heavy atom. The van der Waals surface area contributed by atoms with E-state index < -0.39 is 8.15 Å². The van der Waals surface area contributed by atoms with E-state index in [1.54, 1.807) is 0 Å². The van der Waals surface area contributed by atoms with E-state index in [4.69, 9.17) is 0 Å². The topological polar surface area (TPSA) is 66.4 Å². The predicted molar refractivity (Wildman–Crippen MR) is 69.7 cm³/mol. The zero-order chi connectivity index (χ0) is 13.5. The van der Waals surface area contributed by atoms with E-state index in [9.17, 15) is 14.5 Å². The van der Waals surface area contributed by atoms with E-state index in [0.717, 1.165) is 0 Å². The summed E-state index contributed by atoms with van der Waals surface area (Å²) in [5, 5.41) is 2.60. The Morgan fingerprint density at radius 1 is 1.41 bits per heavy atom. The third-order valence-electron chi connectivity index (χ3n) is 1.93. The number of quaternary nitrogens is 1. The van der Waals surface area contributed by atoms with Gasteiger partial charge in [0.15, 0.2) is 0 Å². The van der Waals surface area contributed by atoms with Crippen molar-refractivity contribution in [3.8, 4) is 0 Å². The van der Waals surface area contributed by atoms with Crippen LogP contribution in [0.1, 0.15) is 6.42 Å². The molecule has 0 saturated carbocycles.